The summed E-state index contributed by atoms with van der Waals surface area (Å²) in [4.78, 5) is 11.2. The quantitative estimate of drug-likeness (QED) is 0.527. The van der Waals surface area contributed by atoms with Crippen LogP contribution in [0.1, 0.15) is 20.3 Å². The van der Waals surface area contributed by atoms with Crippen molar-refractivity contribution in [1.29, 1.82) is 0 Å². The topological polar surface area (TPSA) is 59.6 Å². The summed E-state index contributed by atoms with van der Waals surface area (Å²) >= 11 is 0. The first-order valence-electron chi connectivity index (χ1n) is 5.74. The van der Waals surface area contributed by atoms with Crippen molar-refractivity contribution in [3.63, 3.8) is 0 Å². The number of nitrogens with one attached hydrogen (secondary N) is 2. The minimum Gasteiger partial charge on any atom is -0.385 e. The lowest BCUT2D eigenvalue weighted by molar-refractivity contribution is -0.120. The minimum absolute atomic E-state index is 0.0145. The highest BCUT2D eigenvalue weighted by molar-refractivity contribution is 5.77. The van der Waals surface area contributed by atoms with Gasteiger partial charge in [0, 0.05) is 26.8 Å². The lowest BCUT2D eigenvalue weighted by atomic mass is 10.4. The summed E-state index contributed by atoms with van der Waals surface area (Å²) in [7, 11) is 1.65. The fourth-order valence-corrected chi connectivity index (χ4v) is 1.08. The number of methoxy groups -OCH3 is 1. The van der Waals surface area contributed by atoms with Crippen molar-refractivity contribution in [2.24, 2.45) is 0 Å². The maximum atomic E-state index is 11.2. The molecule has 0 fully saturated rings. The Kier molecular flexibility index (Phi) is 10.4. The maximum Gasteiger partial charge on any atom is 0.233 e. The molecule has 1 amide bonds. The molecule has 0 bridgehead atoms. The predicted molar refractivity (Wildman–Crippen MR) is 63.5 cm³/mol. The number of carbonyl (C=O) groups is 1. The maximum absolute atomic E-state index is 11.2. The van der Waals surface area contributed by atoms with Gasteiger partial charge in [-0.3, -0.25) is 4.79 Å². The number of hydrogen-bond acceptors (Lipinski definition) is 4. The molecule has 16 heavy (non-hydrogen) atoms. The highest BCUT2D eigenvalue weighted by atomic mass is 16.5. The molecule has 0 unspecified atom stereocenters. The molecular weight excluding hydrogens is 208 g/mol. The average molecular weight is 232 g/mol. The zero-order valence-corrected chi connectivity index (χ0v) is 10.5. The van der Waals surface area contributed by atoms with Crippen molar-refractivity contribution in [2.75, 3.05) is 40.0 Å². The number of amides is 1. The van der Waals surface area contributed by atoms with Crippen LogP contribution in [0.3, 0.4) is 0 Å². The van der Waals surface area contributed by atoms with Crippen LogP contribution in [0, 0.1) is 0 Å². The minimum atomic E-state index is 0.0145. The van der Waals surface area contributed by atoms with E-state index >= 15 is 0 Å². The van der Waals surface area contributed by atoms with Gasteiger partial charge in [-0.15, -0.1) is 0 Å². The second kappa shape index (κ2) is 10.9. The molecule has 0 aromatic carbocycles. The Balaban J connectivity index is 3.17. The van der Waals surface area contributed by atoms with Crippen molar-refractivity contribution in [2.45, 2.75) is 26.4 Å². The molecule has 0 aromatic heterocycles. The third kappa shape index (κ3) is 11.4. The van der Waals surface area contributed by atoms with Crippen LogP contribution in [0.25, 0.3) is 0 Å². The van der Waals surface area contributed by atoms with E-state index in [-0.39, 0.29) is 12.0 Å². The Morgan fingerprint density at radius 3 is 2.62 bits per heavy atom. The SMILES string of the molecule is COCCCNC(=O)CNCCOC(C)C. The van der Waals surface area contributed by atoms with Crippen LogP contribution >= 0.6 is 0 Å². The van der Waals surface area contributed by atoms with E-state index in [1.165, 1.54) is 0 Å². The third-order valence-corrected chi connectivity index (χ3v) is 1.86. The zero-order chi connectivity index (χ0) is 12.2. The van der Waals surface area contributed by atoms with Crippen LogP contribution in [0.5, 0.6) is 0 Å². The first-order valence-corrected chi connectivity index (χ1v) is 5.74. The zero-order valence-electron chi connectivity index (χ0n) is 10.5. The molecule has 0 heterocycles. The molecule has 0 radical (unpaired) electrons. The van der Waals surface area contributed by atoms with Gasteiger partial charge in [0.05, 0.1) is 19.3 Å². The molecule has 0 saturated heterocycles. The van der Waals surface area contributed by atoms with E-state index in [1.54, 1.807) is 7.11 Å². The van der Waals surface area contributed by atoms with E-state index in [0.29, 0.717) is 32.8 Å². The van der Waals surface area contributed by atoms with Crippen molar-refractivity contribution in [3.8, 4) is 0 Å². The van der Waals surface area contributed by atoms with Crippen molar-refractivity contribution >= 4 is 5.91 Å². The molecule has 96 valence electrons. The Morgan fingerprint density at radius 2 is 2.00 bits per heavy atom. The molecule has 5 nitrogen and oxygen atoms in total. The van der Waals surface area contributed by atoms with Crippen molar-refractivity contribution in [3.05, 3.63) is 0 Å². The molecular formula is C11H24N2O3. The summed E-state index contributed by atoms with van der Waals surface area (Å²) in [6.07, 6.45) is 1.09. The molecule has 2 N–H and O–H groups in total. The fourth-order valence-electron chi connectivity index (χ4n) is 1.08. The van der Waals surface area contributed by atoms with E-state index in [4.69, 9.17) is 9.47 Å². The second-order valence-corrected chi connectivity index (χ2v) is 3.79. The second-order valence-electron chi connectivity index (χ2n) is 3.79. The van der Waals surface area contributed by atoms with Gasteiger partial charge in [-0.25, -0.2) is 0 Å². The first-order chi connectivity index (χ1) is 7.66. The summed E-state index contributed by atoms with van der Waals surface area (Å²) in [5.74, 6) is 0.0145. The summed E-state index contributed by atoms with van der Waals surface area (Å²) in [6, 6.07) is 0. The van der Waals surface area contributed by atoms with E-state index in [9.17, 15) is 4.79 Å². The summed E-state index contributed by atoms with van der Waals surface area (Å²) in [6.45, 7) is 6.99. The molecule has 0 aliphatic carbocycles. The molecule has 0 aliphatic rings. The van der Waals surface area contributed by atoms with Gasteiger partial charge in [0.15, 0.2) is 0 Å². The van der Waals surface area contributed by atoms with Gasteiger partial charge in [0.2, 0.25) is 5.91 Å². The van der Waals surface area contributed by atoms with E-state index < -0.39 is 0 Å². The Bertz CT molecular complexity index is 175. The largest absolute Gasteiger partial charge is 0.385 e. The van der Waals surface area contributed by atoms with Gasteiger partial charge in [0.1, 0.15) is 0 Å². The first kappa shape index (κ1) is 15.3. The van der Waals surface area contributed by atoms with Crippen LogP contribution in [0.4, 0.5) is 0 Å². The molecule has 0 rings (SSSR count). The van der Waals surface area contributed by atoms with Crippen LogP contribution in [-0.4, -0.2) is 52.0 Å². The van der Waals surface area contributed by atoms with Crippen LogP contribution in [0.15, 0.2) is 0 Å². The van der Waals surface area contributed by atoms with E-state index in [1.807, 2.05) is 13.8 Å². The van der Waals surface area contributed by atoms with Gasteiger partial charge in [-0.1, -0.05) is 0 Å². The lowest BCUT2D eigenvalue weighted by Crippen LogP contribution is -2.36. The normalized spacial score (nSPS) is 10.8. The van der Waals surface area contributed by atoms with Gasteiger partial charge >= 0.3 is 0 Å². The summed E-state index contributed by atoms with van der Waals surface area (Å²) in [5.41, 5.74) is 0. The van der Waals surface area contributed by atoms with Crippen molar-refractivity contribution in [1.82, 2.24) is 10.6 Å². The standard InChI is InChI=1S/C11H24N2O3/c1-10(2)16-8-6-12-9-11(14)13-5-4-7-15-3/h10,12H,4-9H2,1-3H3,(H,13,14). The van der Waals surface area contributed by atoms with Crippen molar-refractivity contribution < 1.29 is 14.3 Å². The summed E-state index contributed by atoms with van der Waals surface area (Å²) < 4.78 is 10.2. The smallest absolute Gasteiger partial charge is 0.233 e. The Morgan fingerprint density at radius 1 is 1.25 bits per heavy atom. The average Bonchev–Trinajstić information content (AvgIpc) is 2.23. The molecule has 0 atom stereocenters. The van der Waals surface area contributed by atoms with Gasteiger partial charge in [0.25, 0.3) is 0 Å². The predicted octanol–water partition coefficient (Wildman–Crippen LogP) is 0.154. The van der Waals surface area contributed by atoms with Crippen LogP contribution < -0.4 is 10.6 Å². The van der Waals surface area contributed by atoms with E-state index in [2.05, 4.69) is 10.6 Å². The summed E-state index contributed by atoms with van der Waals surface area (Å²) in [5, 5.41) is 5.81. The number of carbonyl (C=O) groups excluding carboxylic acids is 1. The number of ether oxygens (including phenoxy) is 2. The number of rotatable bonds is 10. The number of hydrogen-bond donors (Lipinski definition) is 2. The molecule has 0 spiro atoms. The highest BCUT2D eigenvalue weighted by Gasteiger charge is 1.99. The molecule has 0 aliphatic heterocycles. The van der Waals surface area contributed by atoms with Crippen LogP contribution in [-0.2, 0) is 14.3 Å². The van der Waals surface area contributed by atoms with Crippen LogP contribution in [0.2, 0.25) is 0 Å². The van der Waals surface area contributed by atoms with Gasteiger partial charge in [-0.2, -0.15) is 0 Å². The Hall–Kier alpha value is -0.650. The molecule has 5 heteroatoms. The molecule has 0 saturated carbocycles. The van der Waals surface area contributed by atoms with Gasteiger partial charge in [-0.05, 0) is 20.3 Å². The van der Waals surface area contributed by atoms with E-state index in [0.717, 1.165) is 6.42 Å². The Labute approximate surface area is 97.9 Å². The highest BCUT2D eigenvalue weighted by Crippen LogP contribution is 1.84. The monoisotopic (exact) mass is 232 g/mol. The third-order valence-electron chi connectivity index (χ3n) is 1.86. The fraction of sp³-hybridized carbons (Fsp3) is 0.909. The lowest BCUT2D eigenvalue weighted by Gasteiger charge is -2.08. The van der Waals surface area contributed by atoms with Gasteiger partial charge < -0.3 is 20.1 Å². The molecule has 0 aromatic rings.